The van der Waals surface area contributed by atoms with Crippen LogP contribution < -0.4 is 5.32 Å². The molecule has 0 aromatic heterocycles. The molecular formula is C12H26N2O3S. The molecule has 1 fully saturated rings. The maximum atomic E-state index is 12.2. The summed E-state index contributed by atoms with van der Waals surface area (Å²) in [4.78, 5) is 0. The van der Waals surface area contributed by atoms with Crippen molar-refractivity contribution in [2.45, 2.75) is 45.8 Å². The van der Waals surface area contributed by atoms with Crippen molar-refractivity contribution in [1.82, 2.24) is 9.62 Å². The average molecular weight is 278 g/mol. The fourth-order valence-electron chi connectivity index (χ4n) is 2.20. The van der Waals surface area contributed by atoms with Gasteiger partial charge in [0.2, 0.25) is 10.0 Å². The lowest BCUT2D eigenvalue weighted by atomic mass is 10.3. The Bertz CT molecular complexity index is 322. The van der Waals surface area contributed by atoms with Crippen molar-refractivity contribution in [3.8, 4) is 0 Å². The van der Waals surface area contributed by atoms with Crippen molar-refractivity contribution in [3.05, 3.63) is 0 Å². The minimum absolute atomic E-state index is 0.00900. The van der Waals surface area contributed by atoms with Gasteiger partial charge in [-0.05, 0) is 39.8 Å². The van der Waals surface area contributed by atoms with Gasteiger partial charge in [0.1, 0.15) is 0 Å². The molecule has 1 N–H and O–H groups in total. The van der Waals surface area contributed by atoms with E-state index in [-0.39, 0.29) is 18.0 Å². The lowest BCUT2D eigenvalue weighted by molar-refractivity contribution is -0.0440. The molecule has 1 rings (SSSR count). The second-order valence-corrected chi connectivity index (χ2v) is 7.04. The molecule has 108 valence electrons. The number of rotatable bonds is 7. The summed E-state index contributed by atoms with van der Waals surface area (Å²) in [5.74, 6) is 0.248. The fraction of sp³-hybridized carbons (Fsp3) is 1.00. The van der Waals surface area contributed by atoms with Gasteiger partial charge in [-0.25, -0.2) is 8.42 Å². The molecule has 0 aliphatic carbocycles. The van der Waals surface area contributed by atoms with Gasteiger partial charge in [0.15, 0.2) is 0 Å². The summed E-state index contributed by atoms with van der Waals surface area (Å²) < 4.78 is 31.5. The van der Waals surface area contributed by atoms with Crippen LogP contribution in [0.1, 0.15) is 33.6 Å². The number of nitrogens with one attached hydrogen (secondary N) is 1. The molecule has 0 amide bonds. The van der Waals surface area contributed by atoms with Crippen molar-refractivity contribution >= 4 is 10.0 Å². The Balaban J connectivity index is 2.38. The third-order valence-corrected chi connectivity index (χ3v) is 4.92. The molecule has 0 spiro atoms. The topological polar surface area (TPSA) is 58.6 Å². The van der Waals surface area contributed by atoms with Crippen LogP contribution in [0.5, 0.6) is 0 Å². The van der Waals surface area contributed by atoms with Crippen LogP contribution in [0.4, 0.5) is 0 Å². The Morgan fingerprint density at radius 1 is 1.22 bits per heavy atom. The van der Waals surface area contributed by atoms with Gasteiger partial charge in [0.25, 0.3) is 0 Å². The van der Waals surface area contributed by atoms with Crippen LogP contribution >= 0.6 is 0 Å². The molecule has 1 saturated heterocycles. The number of morpholine rings is 1. The number of nitrogens with zero attached hydrogens (tertiary/aromatic N) is 1. The van der Waals surface area contributed by atoms with Crippen molar-refractivity contribution in [2.75, 3.05) is 31.9 Å². The molecule has 2 unspecified atom stereocenters. The predicted molar refractivity (Wildman–Crippen MR) is 73.1 cm³/mol. The van der Waals surface area contributed by atoms with Crippen molar-refractivity contribution in [1.29, 1.82) is 0 Å². The van der Waals surface area contributed by atoms with Gasteiger partial charge in [-0.3, -0.25) is 0 Å². The second-order valence-electron chi connectivity index (χ2n) is 4.95. The normalized spacial score (nSPS) is 26.4. The fourth-order valence-corrected chi connectivity index (χ4v) is 3.90. The molecule has 0 aromatic rings. The minimum Gasteiger partial charge on any atom is -0.373 e. The highest BCUT2D eigenvalue weighted by atomic mass is 32.2. The number of unbranched alkanes of at least 4 members (excludes halogenated alkanes) is 1. The Kier molecular flexibility index (Phi) is 6.55. The zero-order valence-corrected chi connectivity index (χ0v) is 12.5. The molecule has 1 aliphatic rings. The Morgan fingerprint density at radius 2 is 1.83 bits per heavy atom. The summed E-state index contributed by atoms with van der Waals surface area (Å²) in [5, 5.41) is 3.20. The van der Waals surface area contributed by atoms with Gasteiger partial charge in [-0.15, -0.1) is 0 Å². The Hall–Kier alpha value is -0.170. The molecule has 5 nitrogen and oxygen atoms in total. The van der Waals surface area contributed by atoms with E-state index in [1.165, 1.54) is 0 Å². The van der Waals surface area contributed by atoms with Crippen LogP contribution in [0.3, 0.4) is 0 Å². The van der Waals surface area contributed by atoms with Crippen LogP contribution in [0.2, 0.25) is 0 Å². The van der Waals surface area contributed by atoms with E-state index in [0.717, 1.165) is 25.9 Å². The molecule has 0 radical (unpaired) electrons. The van der Waals surface area contributed by atoms with Crippen molar-refractivity contribution in [3.63, 3.8) is 0 Å². The summed E-state index contributed by atoms with van der Waals surface area (Å²) in [6.07, 6.45) is 1.60. The molecule has 0 bridgehead atoms. The summed E-state index contributed by atoms with van der Waals surface area (Å²) >= 11 is 0. The van der Waals surface area contributed by atoms with Crippen LogP contribution in [-0.2, 0) is 14.8 Å². The van der Waals surface area contributed by atoms with Crippen molar-refractivity contribution < 1.29 is 13.2 Å². The summed E-state index contributed by atoms with van der Waals surface area (Å²) in [5.41, 5.74) is 0. The van der Waals surface area contributed by atoms with Crippen LogP contribution in [-0.4, -0.2) is 56.9 Å². The highest BCUT2D eigenvalue weighted by Gasteiger charge is 2.30. The van der Waals surface area contributed by atoms with Crippen LogP contribution in [0, 0.1) is 0 Å². The summed E-state index contributed by atoms with van der Waals surface area (Å²) in [7, 11) is -3.11. The van der Waals surface area contributed by atoms with Gasteiger partial charge in [-0.1, -0.05) is 6.92 Å². The summed E-state index contributed by atoms with van der Waals surface area (Å²) in [6.45, 7) is 8.69. The number of sulfonamides is 1. The Morgan fingerprint density at radius 3 is 2.39 bits per heavy atom. The molecule has 0 aromatic carbocycles. The van der Waals surface area contributed by atoms with E-state index in [9.17, 15) is 8.42 Å². The van der Waals surface area contributed by atoms with Gasteiger partial charge < -0.3 is 10.1 Å². The molecule has 1 heterocycles. The maximum absolute atomic E-state index is 12.2. The third kappa shape index (κ3) is 5.22. The van der Waals surface area contributed by atoms with Crippen molar-refractivity contribution in [2.24, 2.45) is 0 Å². The highest BCUT2D eigenvalue weighted by molar-refractivity contribution is 7.89. The SMILES string of the molecule is CCNCCCCS(=O)(=O)N1CC(C)OC(C)C1. The number of hydrogen-bond acceptors (Lipinski definition) is 4. The quantitative estimate of drug-likeness (QED) is 0.700. The first-order valence-corrected chi connectivity index (χ1v) is 8.40. The lowest BCUT2D eigenvalue weighted by Crippen LogP contribution is -2.48. The van der Waals surface area contributed by atoms with Crippen LogP contribution in [0.15, 0.2) is 0 Å². The van der Waals surface area contributed by atoms with E-state index in [2.05, 4.69) is 5.32 Å². The van der Waals surface area contributed by atoms with Gasteiger partial charge in [0.05, 0.1) is 18.0 Å². The predicted octanol–water partition coefficient (Wildman–Crippen LogP) is 0.815. The zero-order valence-electron chi connectivity index (χ0n) is 11.7. The van der Waals surface area contributed by atoms with E-state index in [1.54, 1.807) is 4.31 Å². The van der Waals surface area contributed by atoms with E-state index in [0.29, 0.717) is 13.1 Å². The summed E-state index contributed by atoms with van der Waals surface area (Å²) in [6, 6.07) is 0. The van der Waals surface area contributed by atoms with Crippen LogP contribution in [0.25, 0.3) is 0 Å². The first kappa shape index (κ1) is 15.9. The first-order chi connectivity index (χ1) is 8.45. The molecular weight excluding hydrogens is 252 g/mol. The largest absolute Gasteiger partial charge is 0.373 e. The highest BCUT2D eigenvalue weighted by Crippen LogP contribution is 2.15. The molecule has 1 aliphatic heterocycles. The van der Waals surface area contributed by atoms with Gasteiger partial charge in [-0.2, -0.15) is 4.31 Å². The van der Waals surface area contributed by atoms with E-state index in [1.807, 2.05) is 20.8 Å². The molecule has 6 heteroatoms. The van der Waals surface area contributed by atoms with E-state index >= 15 is 0 Å². The lowest BCUT2D eigenvalue weighted by Gasteiger charge is -2.34. The Labute approximate surface area is 111 Å². The zero-order chi connectivity index (χ0) is 13.6. The van der Waals surface area contributed by atoms with Gasteiger partial charge >= 0.3 is 0 Å². The van der Waals surface area contributed by atoms with E-state index < -0.39 is 10.0 Å². The smallest absolute Gasteiger partial charge is 0.214 e. The number of hydrogen-bond donors (Lipinski definition) is 1. The molecule has 2 atom stereocenters. The second kappa shape index (κ2) is 7.43. The molecule has 18 heavy (non-hydrogen) atoms. The number of ether oxygens (including phenoxy) is 1. The monoisotopic (exact) mass is 278 g/mol. The maximum Gasteiger partial charge on any atom is 0.214 e. The van der Waals surface area contributed by atoms with E-state index in [4.69, 9.17) is 4.74 Å². The van der Waals surface area contributed by atoms with Gasteiger partial charge in [0, 0.05) is 13.1 Å². The third-order valence-electron chi connectivity index (χ3n) is 3.04. The standard InChI is InChI=1S/C12H26N2O3S/c1-4-13-7-5-6-8-18(15,16)14-9-11(2)17-12(3)10-14/h11-13H,4-10H2,1-3H3. The minimum atomic E-state index is -3.11. The molecule has 0 saturated carbocycles. The average Bonchev–Trinajstić information content (AvgIpc) is 2.27. The first-order valence-electron chi connectivity index (χ1n) is 6.79.